The molecule has 2 atom stereocenters. The molecule has 0 aromatic heterocycles. The van der Waals surface area contributed by atoms with Crippen LogP contribution in [0.25, 0.3) is 0 Å². The lowest BCUT2D eigenvalue weighted by Crippen LogP contribution is -2.49. The molecule has 3 N–H and O–H groups in total. The normalized spacial score (nSPS) is 27.9. The highest BCUT2D eigenvalue weighted by atomic mass is 16.4. The molecule has 2 fully saturated rings. The van der Waals surface area contributed by atoms with E-state index >= 15 is 0 Å². The fourth-order valence-electron chi connectivity index (χ4n) is 3.36. The topological polar surface area (TPSA) is 81.0 Å². The molecule has 0 unspecified atom stereocenters. The van der Waals surface area contributed by atoms with Gasteiger partial charge in [-0.1, -0.05) is 12.1 Å². The zero-order valence-corrected chi connectivity index (χ0v) is 11.2. The maximum absolute atomic E-state index is 12.6. The average molecular weight is 275 g/mol. The summed E-state index contributed by atoms with van der Waals surface area (Å²) in [4.78, 5) is 14.4. The molecule has 1 aromatic carbocycles. The number of aliphatic hydroxyl groups is 1. The molecule has 6 heteroatoms. The summed E-state index contributed by atoms with van der Waals surface area (Å²) in [5.41, 5.74) is 0.373. The van der Waals surface area contributed by atoms with Gasteiger partial charge >= 0.3 is 7.12 Å². The number of piperidine rings is 1. The first-order chi connectivity index (χ1) is 9.58. The van der Waals surface area contributed by atoms with Crippen LogP contribution in [0.1, 0.15) is 29.6 Å². The van der Waals surface area contributed by atoms with Crippen molar-refractivity contribution in [1.82, 2.24) is 4.90 Å². The first-order valence-electron chi connectivity index (χ1n) is 6.97. The third kappa shape index (κ3) is 2.04. The Balaban J connectivity index is 1.87. The minimum atomic E-state index is -1.58. The number of nitrogens with zero attached hydrogens (tertiary/aromatic N) is 1. The summed E-state index contributed by atoms with van der Waals surface area (Å²) >= 11 is 0. The second-order valence-corrected chi connectivity index (χ2v) is 5.76. The van der Waals surface area contributed by atoms with E-state index in [1.165, 1.54) is 6.07 Å². The number of hydrogen-bond donors (Lipinski definition) is 3. The van der Waals surface area contributed by atoms with Crippen molar-refractivity contribution in [1.29, 1.82) is 0 Å². The van der Waals surface area contributed by atoms with Gasteiger partial charge in [0.15, 0.2) is 0 Å². The molecule has 1 aliphatic carbocycles. The van der Waals surface area contributed by atoms with Gasteiger partial charge in [0.25, 0.3) is 5.91 Å². The number of fused-ring (bicyclic) bond motifs is 1. The molecule has 1 aliphatic heterocycles. The van der Waals surface area contributed by atoms with Crippen molar-refractivity contribution in [2.24, 2.45) is 5.92 Å². The van der Waals surface area contributed by atoms with Crippen molar-refractivity contribution in [2.75, 3.05) is 13.2 Å². The van der Waals surface area contributed by atoms with Gasteiger partial charge in [0.05, 0.1) is 12.1 Å². The van der Waals surface area contributed by atoms with Crippen LogP contribution in [0.5, 0.6) is 0 Å². The molecule has 1 saturated carbocycles. The molecule has 0 bridgehead atoms. The van der Waals surface area contributed by atoms with Crippen LogP contribution in [0.2, 0.25) is 0 Å². The SMILES string of the molecule is O=C(c1cccc(B(O)O)c1)N1CCC[C@@H]2C[C@@]21CO. The number of aliphatic hydroxyl groups excluding tert-OH is 1. The van der Waals surface area contributed by atoms with E-state index in [4.69, 9.17) is 0 Å². The van der Waals surface area contributed by atoms with Gasteiger partial charge < -0.3 is 20.1 Å². The number of hydrogen-bond acceptors (Lipinski definition) is 4. The number of carbonyl (C=O) groups is 1. The van der Waals surface area contributed by atoms with Crippen LogP contribution in [-0.4, -0.2) is 51.8 Å². The van der Waals surface area contributed by atoms with E-state index in [9.17, 15) is 19.9 Å². The minimum absolute atomic E-state index is 0.00568. The van der Waals surface area contributed by atoms with E-state index in [1.807, 2.05) is 0 Å². The molecule has 1 amide bonds. The van der Waals surface area contributed by atoms with Gasteiger partial charge in [-0.15, -0.1) is 0 Å². The van der Waals surface area contributed by atoms with Crippen LogP contribution in [0.4, 0.5) is 0 Å². The van der Waals surface area contributed by atoms with E-state index < -0.39 is 7.12 Å². The number of rotatable bonds is 3. The highest BCUT2D eigenvalue weighted by molar-refractivity contribution is 6.58. The third-order valence-electron chi connectivity index (χ3n) is 4.62. The van der Waals surface area contributed by atoms with Crippen molar-refractivity contribution in [3.05, 3.63) is 29.8 Å². The molecule has 1 aromatic rings. The number of likely N-dealkylation sites (tertiary alicyclic amines) is 1. The average Bonchev–Trinajstić information content (AvgIpc) is 3.21. The van der Waals surface area contributed by atoms with Gasteiger partial charge in [0.2, 0.25) is 0 Å². The smallest absolute Gasteiger partial charge is 0.423 e. The molecule has 1 saturated heterocycles. The zero-order chi connectivity index (χ0) is 14.3. The van der Waals surface area contributed by atoms with Gasteiger partial charge in [-0.3, -0.25) is 4.79 Å². The summed E-state index contributed by atoms with van der Waals surface area (Å²) in [6.45, 7) is 0.660. The molecule has 1 heterocycles. The van der Waals surface area contributed by atoms with Gasteiger partial charge in [-0.05, 0) is 42.8 Å². The van der Waals surface area contributed by atoms with Crippen molar-refractivity contribution >= 4 is 18.5 Å². The van der Waals surface area contributed by atoms with Crippen LogP contribution in [0.15, 0.2) is 24.3 Å². The van der Waals surface area contributed by atoms with Crippen LogP contribution in [0, 0.1) is 5.92 Å². The maximum atomic E-state index is 12.6. The highest BCUT2D eigenvalue weighted by Crippen LogP contribution is 2.54. The van der Waals surface area contributed by atoms with Gasteiger partial charge in [-0.25, -0.2) is 0 Å². The van der Waals surface area contributed by atoms with Crippen LogP contribution >= 0.6 is 0 Å². The Hall–Kier alpha value is -1.37. The van der Waals surface area contributed by atoms with E-state index in [0.717, 1.165) is 19.3 Å². The van der Waals surface area contributed by atoms with Gasteiger partial charge in [0.1, 0.15) is 0 Å². The summed E-state index contributed by atoms with van der Waals surface area (Å²) in [6, 6.07) is 6.39. The van der Waals surface area contributed by atoms with E-state index in [2.05, 4.69) is 0 Å². The number of benzene rings is 1. The molecule has 3 rings (SSSR count). The number of amides is 1. The van der Waals surface area contributed by atoms with E-state index in [0.29, 0.717) is 23.5 Å². The molecular weight excluding hydrogens is 257 g/mol. The van der Waals surface area contributed by atoms with E-state index in [-0.39, 0.29) is 18.1 Å². The Labute approximate surface area is 118 Å². The lowest BCUT2D eigenvalue weighted by molar-refractivity contribution is 0.0432. The summed E-state index contributed by atoms with van der Waals surface area (Å²) in [5.74, 6) is 0.278. The molecule has 2 aliphatic rings. The summed E-state index contributed by atoms with van der Waals surface area (Å²) in [5, 5.41) is 28.0. The van der Waals surface area contributed by atoms with Crippen molar-refractivity contribution in [3.63, 3.8) is 0 Å². The van der Waals surface area contributed by atoms with Gasteiger partial charge in [0, 0.05) is 12.1 Å². The van der Waals surface area contributed by atoms with E-state index in [1.54, 1.807) is 23.1 Å². The lowest BCUT2D eigenvalue weighted by atomic mass is 9.79. The molecule has 106 valence electrons. The summed E-state index contributed by atoms with van der Waals surface area (Å²) in [6.07, 6.45) is 2.90. The monoisotopic (exact) mass is 275 g/mol. The van der Waals surface area contributed by atoms with Crippen molar-refractivity contribution in [3.8, 4) is 0 Å². The fourth-order valence-corrected chi connectivity index (χ4v) is 3.36. The fraction of sp³-hybridized carbons (Fsp3) is 0.500. The molecule has 20 heavy (non-hydrogen) atoms. The summed E-state index contributed by atoms with van der Waals surface area (Å²) in [7, 11) is -1.58. The van der Waals surface area contributed by atoms with Gasteiger partial charge in [-0.2, -0.15) is 0 Å². The predicted octanol–water partition coefficient (Wildman–Crippen LogP) is -0.647. The minimum Gasteiger partial charge on any atom is -0.423 e. The largest absolute Gasteiger partial charge is 0.488 e. The van der Waals surface area contributed by atoms with Crippen LogP contribution < -0.4 is 5.46 Å². The Kier molecular flexibility index (Phi) is 3.32. The van der Waals surface area contributed by atoms with Crippen molar-refractivity contribution < 1.29 is 19.9 Å². The molecule has 0 spiro atoms. The van der Waals surface area contributed by atoms with Crippen LogP contribution in [-0.2, 0) is 0 Å². The van der Waals surface area contributed by atoms with Crippen LogP contribution in [0.3, 0.4) is 0 Å². The second kappa shape index (κ2) is 4.88. The molecular formula is C14H18BNO4. The first kappa shape index (κ1) is 13.6. The Morgan fingerprint density at radius 2 is 2.25 bits per heavy atom. The molecule has 0 radical (unpaired) electrons. The number of carbonyl (C=O) groups excluding carboxylic acids is 1. The quantitative estimate of drug-likeness (QED) is 0.641. The summed E-state index contributed by atoms with van der Waals surface area (Å²) < 4.78 is 0. The third-order valence-corrected chi connectivity index (χ3v) is 4.62. The predicted molar refractivity (Wildman–Crippen MR) is 74.5 cm³/mol. The lowest BCUT2D eigenvalue weighted by Gasteiger charge is -2.35. The molecule has 5 nitrogen and oxygen atoms in total. The van der Waals surface area contributed by atoms with Crippen molar-refractivity contribution in [2.45, 2.75) is 24.8 Å². The Morgan fingerprint density at radius 1 is 1.45 bits per heavy atom. The highest BCUT2D eigenvalue weighted by Gasteiger charge is 2.60. The standard InChI is InChI=1S/C14H18BNO4/c17-9-14-8-11(14)4-2-6-16(14)13(18)10-3-1-5-12(7-10)15(19)20/h1,3,5,7,11,17,19-20H,2,4,6,8-9H2/t11-,14-/m1/s1. The Morgan fingerprint density at radius 3 is 2.95 bits per heavy atom. The Bertz CT molecular complexity index is 536. The second-order valence-electron chi connectivity index (χ2n) is 5.76. The maximum Gasteiger partial charge on any atom is 0.488 e. The first-order valence-corrected chi connectivity index (χ1v) is 6.97. The zero-order valence-electron chi connectivity index (χ0n) is 11.2.